The fraction of sp³-hybridized carbons (Fsp3) is 0.600. The van der Waals surface area contributed by atoms with Gasteiger partial charge in [-0.25, -0.2) is 0 Å². The van der Waals surface area contributed by atoms with Gasteiger partial charge in [0, 0.05) is 30.1 Å². The predicted molar refractivity (Wildman–Crippen MR) is 80.1 cm³/mol. The Kier molecular flexibility index (Phi) is 3.94. The Labute approximate surface area is 123 Å². The average molecular weight is 325 g/mol. The molecule has 0 amide bonds. The lowest BCUT2D eigenvalue weighted by molar-refractivity contribution is -0.0521. The number of rotatable bonds is 3. The summed E-state index contributed by atoms with van der Waals surface area (Å²) in [6.45, 7) is 4.84. The third kappa shape index (κ3) is 2.72. The Bertz CT molecular complexity index is 453. The summed E-state index contributed by atoms with van der Waals surface area (Å²) in [5, 5.41) is 0. The summed E-state index contributed by atoms with van der Waals surface area (Å²) in [5.41, 5.74) is 8.64. The van der Waals surface area contributed by atoms with Gasteiger partial charge in [-0.3, -0.25) is 4.90 Å². The normalized spacial score (nSPS) is 28.6. The molecule has 3 atom stereocenters. The number of aryl methyl sites for hydroxylation is 1. The van der Waals surface area contributed by atoms with Gasteiger partial charge in [0.25, 0.3) is 0 Å². The zero-order valence-corrected chi connectivity index (χ0v) is 12.9. The van der Waals surface area contributed by atoms with Crippen molar-refractivity contribution in [3.63, 3.8) is 0 Å². The largest absolute Gasteiger partial charge is 0.372 e. The lowest BCUT2D eigenvalue weighted by atomic mass is 10.0. The van der Waals surface area contributed by atoms with Crippen LogP contribution in [0.3, 0.4) is 0 Å². The van der Waals surface area contributed by atoms with Crippen LogP contribution >= 0.6 is 15.9 Å². The highest BCUT2D eigenvalue weighted by atomic mass is 79.9. The maximum Gasteiger partial charge on any atom is 0.0707 e. The van der Waals surface area contributed by atoms with Crippen LogP contribution in [-0.2, 0) is 4.74 Å². The van der Waals surface area contributed by atoms with E-state index >= 15 is 0 Å². The third-order valence-corrected chi connectivity index (χ3v) is 5.19. The van der Waals surface area contributed by atoms with Gasteiger partial charge in [-0.05, 0) is 37.0 Å². The molecule has 3 unspecified atom stereocenters. The summed E-state index contributed by atoms with van der Waals surface area (Å²) in [6.07, 6.45) is 3.25. The average Bonchev–Trinajstić information content (AvgIpc) is 2.74. The molecule has 0 spiro atoms. The highest BCUT2D eigenvalue weighted by Gasteiger charge is 2.36. The van der Waals surface area contributed by atoms with Crippen molar-refractivity contribution in [3.8, 4) is 0 Å². The first-order valence-electron chi connectivity index (χ1n) is 7.03. The predicted octanol–water partition coefficient (Wildman–Crippen LogP) is 2.62. The van der Waals surface area contributed by atoms with Gasteiger partial charge in [-0.15, -0.1) is 0 Å². The second kappa shape index (κ2) is 5.52. The molecule has 2 aliphatic heterocycles. The van der Waals surface area contributed by atoms with Crippen LogP contribution in [0, 0.1) is 6.92 Å². The SMILES string of the molecule is Cc1cc(C(CN)N2CC3CCC(C2)O3)ccc1Br. The third-order valence-electron chi connectivity index (χ3n) is 4.30. The number of halogens is 1. The number of benzene rings is 1. The van der Waals surface area contributed by atoms with E-state index in [1.54, 1.807) is 0 Å². The lowest BCUT2D eigenvalue weighted by Gasteiger charge is -2.37. The molecule has 2 aliphatic rings. The number of morpholine rings is 1. The number of fused-ring (bicyclic) bond motifs is 2. The van der Waals surface area contributed by atoms with Gasteiger partial charge in [-0.2, -0.15) is 0 Å². The van der Waals surface area contributed by atoms with Crippen molar-refractivity contribution in [3.05, 3.63) is 33.8 Å². The molecule has 19 heavy (non-hydrogen) atoms. The van der Waals surface area contributed by atoms with Gasteiger partial charge in [0.2, 0.25) is 0 Å². The molecule has 2 heterocycles. The van der Waals surface area contributed by atoms with Gasteiger partial charge in [0.05, 0.1) is 12.2 Å². The van der Waals surface area contributed by atoms with Gasteiger partial charge in [0.15, 0.2) is 0 Å². The zero-order chi connectivity index (χ0) is 13.4. The van der Waals surface area contributed by atoms with Crippen molar-refractivity contribution in [1.29, 1.82) is 0 Å². The Morgan fingerprint density at radius 2 is 2.05 bits per heavy atom. The van der Waals surface area contributed by atoms with E-state index in [0.29, 0.717) is 24.8 Å². The van der Waals surface area contributed by atoms with Crippen LogP contribution in [0.15, 0.2) is 22.7 Å². The topological polar surface area (TPSA) is 38.5 Å². The van der Waals surface area contributed by atoms with E-state index in [2.05, 4.69) is 46.0 Å². The second-order valence-corrected chi connectivity index (χ2v) is 6.53. The molecular weight excluding hydrogens is 304 g/mol. The van der Waals surface area contributed by atoms with Crippen molar-refractivity contribution in [2.24, 2.45) is 5.73 Å². The molecule has 2 bridgehead atoms. The molecule has 2 fully saturated rings. The molecule has 1 aromatic carbocycles. The van der Waals surface area contributed by atoms with Crippen molar-refractivity contribution in [2.45, 2.75) is 38.0 Å². The van der Waals surface area contributed by atoms with Crippen LogP contribution < -0.4 is 5.73 Å². The van der Waals surface area contributed by atoms with Crippen LogP contribution in [0.25, 0.3) is 0 Å². The summed E-state index contributed by atoms with van der Waals surface area (Å²) in [5.74, 6) is 0. The molecule has 0 radical (unpaired) electrons. The van der Waals surface area contributed by atoms with Crippen molar-refractivity contribution < 1.29 is 4.74 Å². The zero-order valence-electron chi connectivity index (χ0n) is 11.3. The van der Waals surface area contributed by atoms with E-state index in [9.17, 15) is 0 Å². The molecule has 4 heteroatoms. The Morgan fingerprint density at radius 3 is 2.63 bits per heavy atom. The quantitative estimate of drug-likeness (QED) is 0.928. The molecule has 2 saturated heterocycles. The number of nitrogens with zero attached hydrogens (tertiary/aromatic N) is 1. The number of nitrogens with two attached hydrogens (primary N) is 1. The van der Waals surface area contributed by atoms with E-state index in [1.165, 1.54) is 24.0 Å². The van der Waals surface area contributed by atoms with Crippen LogP contribution in [0.1, 0.15) is 30.0 Å². The fourth-order valence-corrected chi connectivity index (χ4v) is 3.52. The maximum atomic E-state index is 6.04. The minimum atomic E-state index is 0.318. The number of ether oxygens (including phenoxy) is 1. The first kappa shape index (κ1) is 13.6. The molecular formula is C15H21BrN2O. The molecule has 0 aliphatic carbocycles. The molecule has 3 rings (SSSR count). The molecule has 1 aromatic rings. The van der Waals surface area contributed by atoms with E-state index in [-0.39, 0.29) is 0 Å². The molecule has 0 saturated carbocycles. The summed E-state index contributed by atoms with van der Waals surface area (Å²) in [6, 6.07) is 6.88. The van der Waals surface area contributed by atoms with E-state index in [4.69, 9.17) is 10.5 Å². The van der Waals surface area contributed by atoms with E-state index in [0.717, 1.165) is 17.6 Å². The van der Waals surface area contributed by atoms with E-state index in [1.807, 2.05) is 0 Å². The Hall–Kier alpha value is -0.420. The standard InChI is InChI=1S/C15H21BrN2O/c1-10-6-11(2-5-14(10)16)15(7-17)18-8-12-3-4-13(9-18)19-12/h2,5-6,12-13,15H,3-4,7-9,17H2,1H3. The maximum absolute atomic E-state index is 6.04. The first-order valence-corrected chi connectivity index (χ1v) is 7.82. The summed E-state index contributed by atoms with van der Waals surface area (Å²) in [4.78, 5) is 2.51. The highest BCUT2D eigenvalue weighted by Crippen LogP contribution is 2.32. The van der Waals surface area contributed by atoms with Crippen LogP contribution in [0.4, 0.5) is 0 Å². The first-order chi connectivity index (χ1) is 9.17. The lowest BCUT2D eigenvalue weighted by Crippen LogP contribution is -2.46. The Balaban J connectivity index is 1.81. The van der Waals surface area contributed by atoms with Crippen molar-refractivity contribution in [2.75, 3.05) is 19.6 Å². The minimum absolute atomic E-state index is 0.318. The summed E-state index contributed by atoms with van der Waals surface area (Å²) >= 11 is 3.56. The van der Waals surface area contributed by atoms with Crippen molar-refractivity contribution in [1.82, 2.24) is 4.90 Å². The second-order valence-electron chi connectivity index (χ2n) is 5.67. The molecule has 0 aromatic heterocycles. The number of likely N-dealkylation sites (tertiary alicyclic amines) is 1. The van der Waals surface area contributed by atoms with Crippen LogP contribution in [-0.4, -0.2) is 36.7 Å². The summed E-state index contributed by atoms with van der Waals surface area (Å²) in [7, 11) is 0. The van der Waals surface area contributed by atoms with Crippen molar-refractivity contribution >= 4 is 15.9 Å². The number of hydrogen-bond donors (Lipinski definition) is 1. The van der Waals surface area contributed by atoms with Gasteiger partial charge in [-0.1, -0.05) is 28.1 Å². The minimum Gasteiger partial charge on any atom is -0.372 e. The Morgan fingerprint density at radius 1 is 1.37 bits per heavy atom. The smallest absolute Gasteiger partial charge is 0.0707 e. The van der Waals surface area contributed by atoms with Crippen LogP contribution in [0.2, 0.25) is 0 Å². The van der Waals surface area contributed by atoms with E-state index < -0.39 is 0 Å². The monoisotopic (exact) mass is 324 g/mol. The van der Waals surface area contributed by atoms with Gasteiger partial charge < -0.3 is 10.5 Å². The molecule has 3 nitrogen and oxygen atoms in total. The van der Waals surface area contributed by atoms with Gasteiger partial charge >= 0.3 is 0 Å². The fourth-order valence-electron chi connectivity index (χ4n) is 3.27. The summed E-state index contributed by atoms with van der Waals surface area (Å²) < 4.78 is 7.07. The molecule has 104 valence electrons. The highest BCUT2D eigenvalue weighted by molar-refractivity contribution is 9.10. The van der Waals surface area contributed by atoms with Crippen LogP contribution in [0.5, 0.6) is 0 Å². The number of hydrogen-bond acceptors (Lipinski definition) is 3. The molecule has 2 N–H and O–H groups in total. The van der Waals surface area contributed by atoms with Gasteiger partial charge in [0.1, 0.15) is 0 Å².